The van der Waals surface area contributed by atoms with Crippen molar-refractivity contribution < 1.29 is 9.26 Å². The fourth-order valence-corrected chi connectivity index (χ4v) is 2.76. The van der Waals surface area contributed by atoms with Crippen LogP contribution in [0.15, 0.2) is 28.8 Å². The van der Waals surface area contributed by atoms with Crippen molar-refractivity contribution in [1.29, 1.82) is 0 Å². The molecule has 1 aromatic carbocycles. The first-order valence-corrected chi connectivity index (χ1v) is 6.94. The van der Waals surface area contributed by atoms with Crippen LogP contribution in [0.4, 0.5) is 0 Å². The standard InChI is InChI=1S/C15H19N3O2/c1-19-12-6-4-5-11(9-12)14-17-13(20-18-14)10-15(16)7-2-3-8-15/h4-6,9H,2-3,7-8,10,16H2,1H3. The second kappa shape index (κ2) is 5.25. The molecule has 0 radical (unpaired) electrons. The second-order valence-electron chi connectivity index (χ2n) is 5.49. The number of hydrogen-bond donors (Lipinski definition) is 1. The van der Waals surface area contributed by atoms with Gasteiger partial charge in [-0.15, -0.1) is 0 Å². The third-order valence-corrected chi connectivity index (χ3v) is 3.90. The molecule has 5 nitrogen and oxygen atoms in total. The molecule has 1 aliphatic rings. The molecule has 0 amide bonds. The Balaban J connectivity index is 1.79. The third-order valence-electron chi connectivity index (χ3n) is 3.90. The summed E-state index contributed by atoms with van der Waals surface area (Å²) >= 11 is 0. The minimum atomic E-state index is -0.168. The molecular formula is C15H19N3O2. The van der Waals surface area contributed by atoms with Crippen molar-refractivity contribution in [3.63, 3.8) is 0 Å². The second-order valence-corrected chi connectivity index (χ2v) is 5.49. The zero-order chi connectivity index (χ0) is 14.0. The van der Waals surface area contributed by atoms with Gasteiger partial charge < -0.3 is 15.0 Å². The average molecular weight is 273 g/mol. The molecule has 106 valence electrons. The van der Waals surface area contributed by atoms with Crippen molar-refractivity contribution >= 4 is 0 Å². The van der Waals surface area contributed by atoms with Crippen molar-refractivity contribution in [3.8, 4) is 17.1 Å². The predicted molar refractivity (Wildman–Crippen MR) is 75.4 cm³/mol. The van der Waals surface area contributed by atoms with Crippen LogP contribution < -0.4 is 10.5 Å². The maximum absolute atomic E-state index is 6.34. The Morgan fingerprint density at radius 1 is 1.35 bits per heavy atom. The first-order chi connectivity index (χ1) is 9.68. The van der Waals surface area contributed by atoms with Gasteiger partial charge in [0.1, 0.15) is 5.75 Å². The van der Waals surface area contributed by atoms with Crippen LogP contribution in [-0.2, 0) is 6.42 Å². The molecule has 3 rings (SSSR count). The smallest absolute Gasteiger partial charge is 0.228 e. The molecule has 1 aromatic heterocycles. The molecule has 5 heteroatoms. The lowest BCUT2D eigenvalue weighted by molar-refractivity contribution is 0.329. The van der Waals surface area contributed by atoms with Crippen LogP contribution in [0.25, 0.3) is 11.4 Å². The fraction of sp³-hybridized carbons (Fsp3) is 0.467. The maximum Gasteiger partial charge on any atom is 0.228 e. The molecule has 1 saturated carbocycles. The van der Waals surface area contributed by atoms with E-state index in [0.29, 0.717) is 18.1 Å². The first kappa shape index (κ1) is 13.1. The molecule has 20 heavy (non-hydrogen) atoms. The quantitative estimate of drug-likeness (QED) is 0.926. The summed E-state index contributed by atoms with van der Waals surface area (Å²) in [5.74, 6) is 1.98. The Kier molecular flexibility index (Phi) is 3.44. The third kappa shape index (κ3) is 2.67. The Morgan fingerprint density at radius 3 is 2.90 bits per heavy atom. The largest absolute Gasteiger partial charge is 0.497 e. The summed E-state index contributed by atoms with van der Waals surface area (Å²) in [6.07, 6.45) is 5.10. The van der Waals surface area contributed by atoms with Crippen LogP contribution in [-0.4, -0.2) is 22.8 Å². The van der Waals surface area contributed by atoms with Gasteiger partial charge in [0, 0.05) is 17.5 Å². The SMILES string of the molecule is COc1cccc(-c2noc(CC3(N)CCCC3)n2)c1. The van der Waals surface area contributed by atoms with Gasteiger partial charge in [-0.1, -0.05) is 30.1 Å². The first-order valence-electron chi connectivity index (χ1n) is 6.94. The minimum absolute atomic E-state index is 0.168. The number of methoxy groups -OCH3 is 1. The van der Waals surface area contributed by atoms with Crippen molar-refractivity contribution in [3.05, 3.63) is 30.2 Å². The number of benzene rings is 1. The Labute approximate surface area is 118 Å². The van der Waals surface area contributed by atoms with Gasteiger partial charge in [-0.3, -0.25) is 0 Å². The van der Waals surface area contributed by atoms with Gasteiger partial charge in [-0.05, 0) is 25.0 Å². The Bertz CT molecular complexity index is 588. The highest BCUT2D eigenvalue weighted by Crippen LogP contribution is 2.30. The normalized spacial score (nSPS) is 17.3. The van der Waals surface area contributed by atoms with Crippen LogP contribution >= 0.6 is 0 Å². The highest BCUT2D eigenvalue weighted by Gasteiger charge is 2.31. The number of hydrogen-bond acceptors (Lipinski definition) is 5. The van der Waals surface area contributed by atoms with Crippen LogP contribution in [0.3, 0.4) is 0 Å². The van der Waals surface area contributed by atoms with E-state index in [1.54, 1.807) is 7.11 Å². The number of aromatic nitrogens is 2. The Morgan fingerprint density at radius 2 is 2.15 bits per heavy atom. The van der Waals surface area contributed by atoms with Crippen molar-refractivity contribution in [2.75, 3.05) is 7.11 Å². The van der Waals surface area contributed by atoms with Crippen molar-refractivity contribution in [2.45, 2.75) is 37.6 Å². The monoisotopic (exact) mass is 273 g/mol. The van der Waals surface area contributed by atoms with E-state index >= 15 is 0 Å². The molecule has 0 unspecified atom stereocenters. The topological polar surface area (TPSA) is 74.2 Å². The predicted octanol–water partition coefficient (Wildman–Crippen LogP) is 2.56. The summed E-state index contributed by atoms with van der Waals surface area (Å²) in [5.41, 5.74) is 7.05. The van der Waals surface area contributed by atoms with E-state index < -0.39 is 0 Å². The molecule has 0 saturated heterocycles. The van der Waals surface area contributed by atoms with Crippen LogP contribution in [0.1, 0.15) is 31.6 Å². The minimum Gasteiger partial charge on any atom is -0.497 e. The molecule has 0 aliphatic heterocycles. The van der Waals surface area contributed by atoms with E-state index in [9.17, 15) is 0 Å². The van der Waals surface area contributed by atoms with E-state index in [1.807, 2.05) is 24.3 Å². The molecule has 1 aliphatic carbocycles. The summed E-state index contributed by atoms with van der Waals surface area (Å²) < 4.78 is 10.5. The lowest BCUT2D eigenvalue weighted by Crippen LogP contribution is -2.38. The zero-order valence-corrected chi connectivity index (χ0v) is 11.6. The Hall–Kier alpha value is -1.88. The van der Waals surface area contributed by atoms with Crippen LogP contribution in [0.2, 0.25) is 0 Å². The summed E-state index contributed by atoms with van der Waals surface area (Å²) in [4.78, 5) is 4.45. The van der Waals surface area contributed by atoms with E-state index in [2.05, 4.69) is 10.1 Å². The van der Waals surface area contributed by atoms with Crippen LogP contribution in [0, 0.1) is 0 Å². The molecule has 0 atom stereocenters. The van der Waals surface area contributed by atoms with Crippen molar-refractivity contribution in [2.24, 2.45) is 5.73 Å². The van der Waals surface area contributed by atoms with E-state index in [-0.39, 0.29) is 5.54 Å². The van der Waals surface area contributed by atoms with Gasteiger partial charge in [0.15, 0.2) is 0 Å². The number of nitrogens with two attached hydrogens (primary N) is 1. The fourth-order valence-electron chi connectivity index (χ4n) is 2.76. The number of rotatable bonds is 4. The lowest BCUT2D eigenvalue weighted by Gasteiger charge is -2.20. The molecule has 1 heterocycles. The molecule has 2 aromatic rings. The van der Waals surface area contributed by atoms with Gasteiger partial charge >= 0.3 is 0 Å². The number of ether oxygens (including phenoxy) is 1. The lowest BCUT2D eigenvalue weighted by atomic mass is 9.95. The van der Waals surface area contributed by atoms with Gasteiger partial charge in [0.25, 0.3) is 0 Å². The summed E-state index contributed by atoms with van der Waals surface area (Å²) in [5, 5.41) is 4.04. The molecule has 0 spiro atoms. The highest BCUT2D eigenvalue weighted by atomic mass is 16.5. The average Bonchev–Trinajstić information content (AvgIpc) is 3.09. The molecule has 2 N–H and O–H groups in total. The number of nitrogens with zero attached hydrogens (tertiary/aromatic N) is 2. The van der Waals surface area contributed by atoms with Gasteiger partial charge in [0.2, 0.25) is 11.7 Å². The van der Waals surface area contributed by atoms with Gasteiger partial charge in [-0.2, -0.15) is 4.98 Å². The molecule has 1 fully saturated rings. The zero-order valence-electron chi connectivity index (χ0n) is 11.6. The van der Waals surface area contributed by atoms with E-state index in [4.69, 9.17) is 15.0 Å². The van der Waals surface area contributed by atoms with E-state index in [0.717, 1.165) is 24.2 Å². The molecule has 0 bridgehead atoms. The van der Waals surface area contributed by atoms with Gasteiger partial charge in [0.05, 0.1) is 7.11 Å². The molecular weight excluding hydrogens is 254 g/mol. The van der Waals surface area contributed by atoms with Gasteiger partial charge in [-0.25, -0.2) is 0 Å². The van der Waals surface area contributed by atoms with Crippen molar-refractivity contribution in [1.82, 2.24) is 10.1 Å². The summed E-state index contributed by atoms with van der Waals surface area (Å²) in [6.45, 7) is 0. The summed E-state index contributed by atoms with van der Waals surface area (Å²) in [7, 11) is 1.64. The summed E-state index contributed by atoms with van der Waals surface area (Å²) in [6, 6.07) is 7.62. The highest BCUT2D eigenvalue weighted by molar-refractivity contribution is 5.56. The maximum atomic E-state index is 6.34. The van der Waals surface area contributed by atoms with Crippen LogP contribution in [0.5, 0.6) is 5.75 Å². The van der Waals surface area contributed by atoms with E-state index in [1.165, 1.54) is 12.8 Å².